The smallest absolute Gasteiger partial charge is 0.157 e. The average Bonchev–Trinajstić information content (AvgIpc) is 3.17. The maximum Gasteiger partial charge on any atom is 0.157 e. The summed E-state index contributed by atoms with van der Waals surface area (Å²) in [6, 6.07) is 8.80. The van der Waals surface area contributed by atoms with Gasteiger partial charge in [-0.2, -0.15) is 5.06 Å². The number of carbonyl (C=O) groups is 1. The van der Waals surface area contributed by atoms with E-state index in [1.807, 2.05) is 6.08 Å². The second kappa shape index (κ2) is 9.49. The van der Waals surface area contributed by atoms with E-state index in [2.05, 4.69) is 50.2 Å². The number of hydrogen-bond donors (Lipinski definition) is 2. The minimum absolute atomic E-state index is 0.131. The van der Waals surface area contributed by atoms with Crippen LogP contribution in [0.3, 0.4) is 0 Å². The molecule has 2 N–H and O–H groups in total. The minimum Gasteiger partial charge on any atom is -0.396 e. The van der Waals surface area contributed by atoms with Gasteiger partial charge in [0, 0.05) is 45.8 Å². The maximum absolute atomic E-state index is 12.6. The molecular formula is C30H42N2O3. The van der Waals surface area contributed by atoms with Gasteiger partial charge in [-0.3, -0.25) is 4.79 Å². The van der Waals surface area contributed by atoms with E-state index < -0.39 is 0 Å². The zero-order valence-corrected chi connectivity index (χ0v) is 21.8. The molecule has 0 bridgehead atoms. The van der Waals surface area contributed by atoms with Crippen molar-refractivity contribution < 1.29 is 15.1 Å². The number of aliphatic hydroxyl groups is 1. The third-order valence-corrected chi connectivity index (χ3v) is 9.93. The molecule has 0 saturated heterocycles. The van der Waals surface area contributed by atoms with Crippen molar-refractivity contribution in [2.75, 3.05) is 32.6 Å². The number of nitrogens with zero attached hydrogens (tertiary/aromatic N) is 2. The number of benzene rings is 1. The van der Waals surface area contributed by atoms with Gasteiger partial charge in [0.2, 0.25) is 0 Å². The molecule has 0 aromatic heterocycles. The van der Waals surface area contributed by atoms with Crippen LogP contribution in [-0.2, 0) is 4.79 Å². The maximum atomic E-state index is 12.6. The number of fused-ring (bicyclic) bond motifs is 4. The molecule has 2 saturated carbocycles. The first-order chi connectivity index (χ1) is 16.7. The molecule has 0 aliphatic heterocycles. The van der Waals surface area contributed by atoms with Crippen LogP contribution in [0.1, 0.15) is 69.8 Å². The summed E-state index contributed by atoms with van der Waals surface area (Å²) in [5, 5.41) is 21.5. The lowest BCUT2D eigenvalue weighted by molar-refractivity contribution is -0.124. The Hall–Kier alpha value is -1.95. The third-order valence-electron chi connectivity index (χ3n) is 9.93. The number of ketones is 1. The van der Waals surface area contributed by atoms with Gasteiger partial charge in [-0.05, 0) is 103 Å². The summed E-state index contributed by atoms with van der Waals surface area (Å²) in [7, 11) is 5.85. The fraction of sp³-hybridized carbons (Fsp3) is 0.633. The van der Waals surface area contributed by atoms with E-state index in [0.717, 1.165) is 37.7 Å². The van der Waals surface area contributed by atoms with Crippen LogP contribution in [-0.4, -0.2) is 55.0 Å². The molecule has 0 heterocycles. The Labute approximate surface area is 210 Å². The first-order valence-corrected chi connectivity index (χ1v) is 13.5. The normalized spacial score (nSPS) is 34.4. The second-order valence-electron chi connectivity index (χ2n) is 11.9. The van der Waals surface area contributed by atoms with E-state index >= 15 is 0 Å². The molecule has 5 nitrogen and oxygen atoms in total. The first kappa shape index (κ1) is 24.7. The van der Waals surface area contributed by atoms with Crippen molar-refractivity contribution in [3.05, 3.63) is 52.6 Å². The lowest BCUT2D eigenvalue weighted by atomic mass is 9.51. The molecule has 1 aromatic carbocycles. The van der Waals surface area contributed by atoms with E-state index in [4.69, 9.17) is 0 Å². The summed E-state index contributed by atoms with van der Waals surface area (Å²) in [5.41, 5.74) is 6.73. The van der Waals surface area contributed by atoms with Crippen molar-refractivity contribution in [3.63, 3.8) is 0 Å². The van der Waals surface area contributed by atoms with E-state index in [1.54, 1.807) is 7.05 Å². The van der Waals surface area contributed by atoms with Crippen LogP contribution in [0.15, 0.2) is 47.1 Å². The van der Waals surface area contributed by atoms with Crippen LogP contribution in [0.5, 0.6) is 0 Å². The summed E-state index contributed by atoms with van der Waals surface area (Å²) in [6.07, 6.45) is 9.85. The van der Waals surface area contributed by atoms with Gasteiger partial charge in [0.05, 0.1) is 6.04 Å². The number of carbonyl (C=O) groups excluding carboxylic acids is 1. The van der Waals surface area contributed by atoms with Gasteiger partial charge in [0.25, 0.3) is 0 Å². The molecule has 5 heteroatoms. The molecule has 4 aliphatic carbocycles. The van der Waals surface area contributed by atoms with E-state index in [1.165, 1.54) is 40.3 Å². The highest BCUT2D eigenvalue weighted by Gasteiger charge is 2.56. The van der Waals surface area contributed by atoms with Crippen LogP contribution in [0, 0.1) is 23.2 Å². The molecule has 5 rings (SSSR count). The molecule has 2 fully saturated rings. The van der Waals surface area contributed by atoms with Crippen molar-refractivity contribution in [1.29, 1.82) is 0 Å². The molecule has 0 unspecified atom stereocenters. The largest absolute Gasteiger partial charge is 0.396 e. The lowest BCUT2D eigenvalue weighted by Crippen LogP contribution is -2.46. The minimum atomic E-state index is -0.250. The number of allylic oxidation sites excluding steroid dienone is 2. The van der Waals surface area contributed by atoms with Crippen molar-refractivity contribution in [2.24, 2.45) is 23.2 Å². The van der Waals surface area contributed by atoms with Gasteiger partial charge in [-0.1, -0.05) is 24.6 Å². The molecule has 0 radical (unpaired) electrons. The Balaban J connectivity index is 1.66. The topological polar surface area (TPSA) is 64.0 Å². The Morgan fingerprint density at radius 3 is 2.49 bits per heavy atom. The lowest BCUT2D eigenvalue weighted by Gasteiger charge is -2.53. The van der Waals surface area contributed by atoms with Crippen molar-refractivity contribution in [2.45, 2.75) is 70.3 Å². The number of hydroxylamine groups is 2. The predicted molar refractivity (Wildman–Crippen MR) is 140 cm³/mol. The summed E-state index contributed by atoms with van der Waals surface area (Å²) < 4.78 is 0. The van der Waals surface area contributed by atoms with E-state index in [0.29, 0.717) is 30.1 Å². The summed E-state index contributed by atoms with van der Waals surface area (Å²) in [6.45, 7) is 2.80. The van der Waals surface area contributed by atoms with Crippen molar-refractivity contribution in [3.8, 4) is 0 Å². The van der Waals surface area contributed by atoms with Crippen LogP contribution >= 0.6 is 0 Å². The van der Waals surface area contributed by atoms with E-state index in [-0.39, 0.29) is 23.8 Å². The van der Waals surface area contributed by atoms with Crippen LogP contribution in [0.2, 0.25) is 0 Å². The van der Waals surface area contributed by atoms with E-state index in [9.17, 15) is 15.1 Å². The zero-order valence-electron chi connectivity index (χ0n) is 21.8. The SMILES string of the molecule is CN(C)c1ccc([C@H]2C[C@]3(C)[C@H](CCCO)CC[C@H]3[C@@H]3CCC4=CC(=O)C[C@@H](N(C)O)C4=C32)cc1. The quantitative estimate of drug-likeness (QED) is 0.541. The average molecular weight is 479 g/mol. The van der Waals surface area contributed by atoms with Crippen LogP contribution < -0.4 is 4.90 Å². The fourth-order valence-corrected chi connectivity index (χ4v) is 8.26. The van der Waals surface area contributed by atoms with Gasteiger partial charge < -0.3 is 15.2 Å². The molecule has 0 amide bonds. The van der Waals surface area contributed by atoms with Crippen LogP contribution in [0.4, 0.5) is 5.69 Å². The van der Waals surface area contributed by atoms with Crippen LogP contribution in [0.25, 0.3) is 0 Å². The highest BCUT2D eigenvalue weighted by molar-refractivity contribution is 5.94. The Morgan fingerprint density at radius 1 is 1.09 bits per heavy atom. The summed E-state index contributed by atoms with van der Waals surface area (Å²) >= 11 is 0. The Morgan fingerprint density at radius 2 is 1.83 bits per heavy atom. The molecule has 6 atom stereocenters. The summed E-state index contributed by atoms with van der Waals surface area (Å²) in [5.74, 6) is 2.20. The molecule has 1 aromatic rings. The van der Waals surface area contributed by atoms with Crippen molar-refractivity contribution in [1.82, 2.24) is 5.06 Å². The van der Waals surface area contributed by atoms with Gasteiger partial charge in [0.1, 0.15) is 0 Å². The van der Waals surface area contributed by atoms with Gasteiger partial charge in [-0.15, -0.1) is 0 Å². The van der Waals surface area contributed by atoms with Gasteiger partial charge in [-0.25, -0.2) is 0 Å². The highest BCUT2D eigenvalue weighted by atomic mass is 16.5. The predicted octanol–water partition coefficient (Wildman–Crippen LogP) is 5.34. The number of hydrogen-bond acceptors (Lipinski definition) is 5. The number of aliphatic hydroxyl groups excluding tert-OH is 1. The monoisotopic (exact) mass is 478 g/mol. The molecular weight excluding hydrogens is 436 g/mol. The van der Waals surface area contributed by atoms with Gasteiger partial charge >= 0.3 is 0 Å². The number of anilines is 1. The zero-order chi connectivity index (χ0) is 24.9. The first-order valence-electron chi connectivity index (χ1n) is 13.5. The Kier molecular flexibility index (Phi) is 6.71. The molecule has 35 heavy (non-hydrogen) atoms. The Bertz CT molecular complexity index is 1020. The number of rotatable bonds is 6. The standard InChI is InChI=1S/C30H42N2O3/c1-30-18-25(19-7-11-22(12-8-19)31(2)3)29-24(26(30)14-10-21(30)6-5-15-33)13-9-20-16-23(34)17-27(28(20)29)32(4)35/h7-8,11-12,16,21,24-27,33,35H,5-6,9-10,13-15,17-18H2,1-4H3/t21-,24+,25-,26+,27-,30-/m1/s1. The van der Waals surface area contributed by atoms with Crippen molar-refractivity contribution >= 4 is 11.5 Å². The molecule has 190 valence electrons. The highest BCUT2D eigenvalue weighted by Crippen LogP contribution is 2.66. The second-order valence-corrected chi connectivity index (χ2v) is 11.9. The summed E-state index contributed by atoms with van der Waals surface area (Å²) in [4.78, 5) is 14.7. The molecule has 0 spiro atoms. The fourth-order valence-electron chi connectivity index (χ4n) is 8.26. The number of likely N-dealkylation sites (N-methyl/N-ethyl adjacent to an activating group) is 1. The molecule has 4 aliphatic rings. The third kappa shape index (κ3) is 4.20. The van der Waals surface area contributed by atoms with Gasteiger partial charge in [0.15, 0.2) is 5.78 Å².